The van der Waals surface area contributed by atoms with Crippen molar-refractivity contribution >= 4 is 63.1 Å². The Morgan fingerprint density at radius 2 is 1.66 bits per heavy atom. The number of ether oxygens (including phenoxy) is 2. The van der Waals surface area contributed by atoms with E-state index in [-0.39, 0.29) is 57.6 Å². The predicted molar refractivity (Wildman–Crippen MR) is 212 cm³/mol. The number of imide groups is 1. The number of methoxy groups -OCH3 is 1. The Morgan fingerprint density at radius 1 is 0.929 bits per heavy atom. The minimum atomic E-state index is -0.673. The van der Waals surface area contributed by atoms with Gasteiger partial charge in [-0.15, -0.1) is 0 Å². The highest BCUT2D eigenvalue weighted by Crippen LogP contribution is 2.40. The SMILES string of the molecule is COc1cc2ncnc(Nc3ccc(Cl)c(Cl)c3F)c2cc1OC1CCC(CN2CC(C)N(c3cc4c(cc3F)CN(C3CCC(=O)NC3=O)C4)C(C)C2)CC1. The van der Waals surface area contributed by atoms with E-state index in [4.69, 9.17) is 32.7 Å². The second-order valence-electron chi connectivity index (χ2n) is 15.6. The van der Waals surface area contributed by atoms with Gasteiger partial charge in [0.2, 0.25) is 11.8 Å². The number of nitrogens with one attached hydrogen (secondary N) is 2. The van der Waals surface area contributed by atoms with Crippen molar-refractivity contribution < 1.29 is 27.8 Å². The number of hydrogen-bond acceptors (Lipinski definition) is 10. The molecule has 2 saturated heterocycles. The highest BCUT2D eigenvalue weighted by Gasteiger charge is 2.37. The standard InChI is InChI=1S/C41H45Cl2F2N7O4/c1-22-16-50(17-23(2)52(22)34-13-26-20-51(19-25(26)12-30(34)44)33-10-11-37(53)49-41(33)54)18-24-4-6-27(7-5-24)56-36-14-28-32(15-35(36)55-3)46-21-47-40(28)48-31-9-8-29(42)38(43)39(31)45/h8-9,12-15,21-24,27,33H,4-7,10-11,16-20H2,1-3H3,(H,46,47,48)(H,49,53,54). The largest absolute Gasteiger partial charge is 0.493 e. The van der Waals surface area contributed by atoms with E-state index >= 15 is 4.39 Å². The second kappa shape index (κ2) is 15.9. The summed E-state index contributed by atoms with van der Waals surface area (Å²) >= 11 is 12.0. The van der Waals surface area contributed by atoms with Crippen LogP contribution in [-0.2, 0) is 22.7 Å². The average Bonchev–Trinajstić information content (AvgIpc) is 3.57. The molecule has 15 heteroatoms. The van der Waals surface area contributed by atoms with Crippen LogP contribution in [0, 0.1) is 17.6 Å². The minimum absolute atomic E-state index is 0.00505. The normalized spacial score (nSPS) is 24.6. The smallest absolute Gasteiger partial charge is 0.243 e. The van der Waals surface area contributed by atoms with E-state index in [0.717, 1.165) is 56.4 Å². The molecule has 2 N–H and O–H groups in total. The number of piperazine rings is 1. The molecule has 4 aliphatic rings. The zero-order valence-electron chi connectivity index (χ0n) is 31.6. The van der Waals surface area contributed by atoms with Gasteiger partial charge in [0.25, 0.3) is 0 Å². The average molecular weight is 809 g/mol. The van der Waals surface area contributed by atoms with Gasteiger partial charge in [-0.2, -0.15) is 0 Å². The molecule has 3 atom stereocenters. The van der Waals surface area contributed by atoms with Crippen LogP contribution in [0.1, 0.15) is 63.5 Å². The molecule has 1 saturated carbocycles. The summed E-state index contributed by atoms with van der Waals surface area (Å²) in [6.07, 6.45) is 6.00. The molecule has 8 rings (SSSR count). The number of carbonyl (C=O) groups is 2. The van der Waals surface area contributed by atoms with Gasteiger partial charge in [0.05, 0.1) is 46.2 Å². The van der Waals surface area contributed by atoms with Gasteiger partial charge in [0.1, 0.15) is 18.0 Å². The van der Waals surface area contributed by atoms with Crippen LogP contribution in [0.25, 0.3) is 10.9 Å². The molecule has 11 nitrogen and oxygen atoms in total. The quantitative estimate of drug-likeness (QED) is 0.129. The molecule has 3 fully saturated rings. The molecule has 4 aromatic rings. The third kappa shape index (κ3) is 7.70. The molecule has 0 spiro atoms. The number of fused-ring (bicyclic) bond motifs is 2. The van der Waals surface area contributed by atoms with E-state index < -0.39 is 5.82 Å². The van der Waals surface area contributed by atoms with E-state index in [9.17, 15) is 14.0 Å². The summed E-state index contributed by atoms with van der Waals surface area (Å²) in [6, 6.07) is 10.1. The Hall–Kier alpha value is -4.30. The number of aromatic nitrogens is 2. The zero-order valence-corrected chi connectivity index (χ0v) is 33.1. The maximum Gasteiger partial charge on any atom is 0.243 e. The van der Waals surface area contributed by atoms with Gasteiger partial charge in [-0.25, -0.2) is 18.7 Å². The van der Waals surface area contributed by atoms with Crippen molar-refractivity contribution in [2.75, 3.05) is 37.0 Å². The highest BCUT2D eigenvalue weighted by molar-refractivity contribution is 6.42. The zero-order chi connectivity index (χ0) is 39.2. The van der Waals surface area contributed by atoms with Gasteiger partial charge in [0, 0.05) is 62.7 Å². The molecule has 0 bridgehead atoms. The summed E-state index contributed by atoms with van der Waals surface area (Å²) in [5, 5.41) is 6.06. The molecular weight excluding hydrogens is 763 g/mol. The van der Waals surface area contributed by atoms with Crippen LogP contribution >= 0.6 is 23.2 Å². The molecule has 56 heavy (non-hydrogen) atoms. The fraction of sp³-hybridized carbons (Fsp3) is 0.463. The number of rotatable bonds is 9. The molecule has 3 aromatic carbocycles. The molecule has 2 amide bonds. The van der Waals surface area contributed by atoms with Crippen LogP contribution in [0.15, 0.2) is 42.7 Å². The van der Waals surface area contributed by atoms with Crippen molar-refractivity contribution in [1.82, 2.24) is 25.1 Å². The van der Waals surface area contributed by atoms with Gasteiger partial charge in [-0.1, -0.05) is 23.2 Å². The van der Waals surface area contributed by atoms with Crippen LogP contribution in [0.3, 0.4) is 0 Å². The Kier molecular flexibility index (Phi) is 11.0. The summed E-state index contributed by atoms with van der Waals surface area (Å²) in [7, 11) is 1.59. The highest BCUT2D eigenvalue weighted by atomic mass is 35.5. The number of halogens is 4. The lowest BCUT2D eigenvalue weighted by Crippen LogP contribution is -2.58. The Morgan fingerprint density at radius 3 is 2.38 bits per heavy atom. The van der Waals surface area contributed by atoms with Crippen molar-refractivity contribution in [3.05, 3.63) is 75.5 Å². The first-order valence-electron chi connectivity index (χ1n) is 19.2. The fourth-order valence-electron chi connectivity index (χ4n) is 9.08. The van der Waals surface area contributed by atoms with E-state index in [0.29, 0.717) is 65.8 Å². The molecule has 4 heterocycles. The minimum Gasteiger partial charge on any atom is -0.493 e. The van der Waals surface area contributed by atoms with E-state index in [1.54, 1.807) is 19.2 Å². The van der Waals surface area contributed by atoms with Crippen molar-refractivity contribution in [3.8, 4) is 11.5 Å². The molecule has 3 unspecified atom stereocenters. The number of hydrogen-bond donors (Lipinski definition) is 2. The molecule has 1 aromatic heterocycles. The van der Waals surface area contributed by atoms with Crippen LogP contribution in [0.5, 0.6) is 11.5 Å². The van der Waals surface area contributed by atoms with Gasteiger partial charge in [-0.05, 0) is 93.3 Å². The van der Waals surface area contributed by atoms with Crippen LogP contribution in [0.2, 0.25) is 10.0 Å². The Bertz CT molecular complexity index is 2160. The molecule has 296 valence electrons. The lowest BCUT2D eigenvalue weighted by atomic mass is 9.86. The van der Waals surface area contributed by atoms with Crippen molar-refractivity contribution in [2.24, 2.45) is 5.92 Å². The summed E-state index contributed by atoms with van der Waals surface area (Å²) in [6.45, 7) is 8.03. The Balaban J connectivity index is 0.877. The first-order valence-corrected chi connectivity index (χ1v) is 20.0. The van der Waals surface area contributed by atoms with Crippen LogP contribution < -0.4 is 25.0 Å². The van der Waals surface area contributed by atoms with E-state index in [1.807, 2.05) is 17.0 Å². The van der Waals surface area contributed by atoms with Crippen molar-refractivity contribution in [3.63, 3.8) is 0 Å². The molecule has 1 aliphatic carbocycles. The van der Waals surface area contributed by atoms with Gasteiger partial charge < -0.3 is 19.7 Å². The number of nitrogens with zero attached hydrogens (tertiary/aromatic N) is 5. The fourth-order valence-corrected chi connectivity index (χ4v) is 9.39. The summed E-state index contributed by atoms with van der Waals surface area (Å²) < 4.78 is 42.9. The van der Waals surface area contributed by atoms with Crippen LogP contribution in [0.4, 0.5) is 26.0 Å². The topological polar surface area (TPSA) is 112 Å². The summed E-state index contributed by atoms with van der Waals surface area (Å²) in [5.74, 6) is 0.618. The van der Waals surface area contributed by atoms with Crippen molar-refractivity contribution in [1.29, 1.82) is 0 Å². The second-order valence-corrected chi connectivity index (χ2v) is 16.4. The maximum atomic E-state index is 15.8. The number of anilines is 3. The predicted octanol–water partition coefficient (Wildman–Crippen LogP) is 7.62. The van der Waals surface area contributed by atoms with E-state index in [2.05, 4.69) is 44.2 Å². The Labute approximate surface area is 334 Å². The van der Waals surface area contributed by atoms with Gasteiger partial charge in [-0.3, -0.25) is 24.7 Å². The molecule has 0 radical (unpaired) electrons. The molecular formula is C41H45Cl2F2N7O4. The number of amides is 2. The number of carbonyl (C=O) groups excluding carboxylic acids is 2. The van der Waals surface area contributed by atoms with E-state index in [1.165, 1.54) is 18.5 Å². The summed E-state index contributed by atoms with van der Waals surface area (Å²) in [5.41, 5.74) is 3.30. The summed E-state index contributed by atoms with van der Waals surface area (Å²) in [4.78, 5) is 39.7. The molecule has 3 aliphatic heterocycles. The number of benzene rings is 3. The van der Waals surface area contributed by atoms with Gasteiger partial charge in [0.15, 0.2) is 17.3 Å². The van der Waals surface area contributed by atoms with Gasteiger partial charge >= 0.3 is 0 Å². The number of piperidine rings is 1. The monoisotopic (exact) mass is 807 g/mol. The third-order valence-corrected chi connectivity index (χ3v) is 12.5. The lowest BCUT2D eigenvalue weighted by molar-refractivity contribution is -0.137. The van der Waals surface area contributed by atoms with Crippen molar-refractivity contribution in [2.45, 2.75) is 89.7 Å². The van der Waals surface area contributed by atoms with Crippen LogP contribution in [-0.4, -0.2) is 82.6 Å². The maximum absolute atomic E-state index is 15.8. The first kappa shape index (κ1) is 38.6. The third-order valence-electron chi connectivity index (χ3n) is 11.8. The first-order chi connectivity index (χ1) is 26.9. The lowest BCUT2D eigenvalue weighted by Gasteiger charge is -2.47.